The van der Waals surface area contributed by atoms with Gasteiger partial charge in [0.1, 0.15) is 0 Å². The van der Waals surface area contributed by atoms with E-state index in [2.05, 4.69) is 5.32 Å². The summed E-state index contributed by atoms with van der Waals surface area (Å²) in [6, 6.07) is 3.11. The van der Waals surface area contributed by atoms with Gasteiger partial charge < -0.3 is 10.2 Å². The highest BCUT2D eigenvalue weighted by atomic mass is 32.2. The number of halogens is 3. The number of rotatable bonds is 7. The first-order valence-corrected chi connectivity index (χ1v) is 11.1. The molecule has 168 valence electrons. The quantitative estimate of drug-likeness (QED) is 0.667. The number of nitrogens with one attached hydrogen (secondary N) is 2. The second kappa shape index (κ2) is 9.78. The molecule has 0 radical (unpaired) electrons. The molecule has 1 fully saturated rings. The van der Waals surface area contributed by atoms with Crippen LogP contribution in [0.3, 0.4) is 0 Å². The van der Waals surface area contributed by atoms with E-state index in [9.17, 15) is 31.2 Å². The lowest BCUT2D eigenvalue weighted by molar-refractivity contribution is -0.138. The van der Waals surface area contributed by atoms with Crippen LogP contribution in [0.15, 0.2) is 29.2 Å². The average Bonchev–Trinajstić information content (AvgIpc) is 2.66. The SMILES string of the molecule is CC(C)CC(=O)N1CCC(NC(=O)CNS(=O)(=O)c2cccc(C(F)(F)F)c2)CC1. The number of hydrogen-bond donors (Lipinski definition) is 2. The Morgan fingerprint density at radius 3 is 2.40 bits per heavy atom. The molecule has 1 saturated heterocycles. The summed E-state index contributed by atoms with van der Waals surface area (Å²) in [5, 5.41) is 2.69. The van der Waals surface area contributed by atoms with Gasteiger partial charge in [-0.2, -0.15) is 13.2 Å². The first-order chi connectivity index (χ1) is 13.9. The van der Waals surface area contributed by atoms with Crippen molar-refractivity contribution in [2.24, 2.45) is 5.92 Å². The largest absolute Gasteiger partial charge is 0.416 e. The lowest BCUT2D eigenvalue weighted by Gasteiger charge is -2.32. The first-order valence-electron chi connectivity index (χ1n) is 9.62. The number of carbonyl (C=O) groups excluding carboxylic acids is 2. The molecule has 0 unspecified atom stereocenters. The van der Waals surface area contributed by atoms with Crippen molar-refractivity contribution in [3.05, 3.63) is 29.8 Å². The van der Waals surface area contributed by atoms with Crippen molar-refractivity contribution in [3.8, 4) is 0 Å². The molecule has 2 N–H and O–H groups in total. The van der Waals surface area contributed by atoms with Crippen molar-refractivity contribution < 1.29 is 31.2 Å². The minimum absolute atomic E-state index is 0.0728. The Hall–Kier alpha value is -2.14. The van der Waals surface area contributed by atoms with Crippen molar-refractivity contribution in [1.82, 2.24) is 14.9 Å². The molecule has 2 amide bonds. The minimum atomic E-state index is -4.67. The molecule has 2 rings (SSSR count). The summed E-state index contributed by atoms with van der Waals surface area (Å²) in [6.07, 6.45) is -3.10. The summed E-state index contributed by atoms with van der Waals surface area (Å²) in [5.41, 5.74) is -1.09. The van der Waals surface area contributed by atoms with Crippen molar-refractivity contribution in [2.75, 3.05) is 19.6 Å². The van der Waals surface area contributed by atoms with E-state index < -0.39 is 39.1 Å². The number of sulfonamides is 1. The first kappa shape index (κ1) is 24.1. The Balaban J connectivity index is 1.84. The molecule has 1 aromatic carbocycles. The van der Waals surface area contributed by atoms with Crippen molar-refractivity contribution >= 4 is 21.8 Å². The summed E-state index contributed by atoms with van der Waals surface area (Å²) >= 11 is 0. The van der Waals surface area contributed by atoms with Gasteiger partial charge >= 0.3 is 6.18 Å². The van der Waals surface area contributed by atoms with Crippen LogP contribution in [0, 0.1) is 5.92 Å². The maximum absolute atomic E-state index is 12.8. The van der Waals surface area contributed by atoms with Gasteiger partial charge in [0.15, 0.2) is 0 Å². The number of hydrogen-bond acceptors (Lipinski definition) is 4. The zero-order valence-corrected chi connectivity index (χ0v) is 17.6. The number of alkyl halides is 3. The van der Waals surface area contributed by atoms with E-state index in [-0.39, 0.29) is 17.9 Å². The molecule has 1 aliphatic rings. The van der Waals surface area contributed by atoms with E-state index in [0.717, 1.165) is 18.2 Å². The second-order valence-electron chi connectivity index (χ2n) is 7.67. The minimum Gasteiger partial charge on any atom is -0.352 e. The van der Waals surface area contributed by atoms with Gasteiger partial charge in [0, 0.05) is 25.6 Å². The third kappa shape index (κ3) is 6.98. The van der Waals surface area contributed by atoms with E-state index in [1.54, 1.807) is 4.90 Å². The molecule has 0 aromatic heterocycles. The Morgan fingerprint density at radius 2 is 1.83 bits per heavy atom. The van der Waals surface area contributed by atoms with E-state index in [1.165, 1.54) is 0 Å². The van der Waals surface area contributed by atoms with Crippen LogP contribution in [0.2, 0.25) is 0 Å². The molecule has 1 aliphatic heterocycles. The van der Waals surface area contributed by atoms with Gasteiger partial charge in [-0.05, 0) is 37.0 Å². The zero-order chi connectivity index (χ0) is 22.5. The highest BCUT2D eigenvalue weighted by molar-refractivity contribution is 7.89. The van der Waals surface area contributed by atoms with E-state index in [0.29, 0.717) is 38.4 Å². The van der Waals surface area contributed by atoms with Gasteiger partial charge in [0.25, 0.3) is 0 Å². The maximum atomic E-state index is 12.8. The number of piperidine rings is 1. The number of likely N-dealkylation sites (tertiary alicyclic amines) is 1. The van der Waals surface area contributed by atoms with Crippen LogP contribution < -0.4 is 10.0 Å². The Kier molecular flexibility index (Phi) is 7.87. The van der Waals surface area contributed by atoms with Gasteiger partial charge in [-0.3, -0.25) is 9.59 Å². The number of amides is 2. The standard InChI is InChI=1S/C19H26F3N3O4S/c1-13(2)10-18(27)25-8-6-15(7-9-25)24-17(26)12-23-30(28,29)16-5-3-4-14(11-16)19(20,21)22/h3-5,11,13,15,23H,6-10,12H2,1-2H3,(H,24,26). The monoisotopic (exact) mass is 449 g/mol. The summed E-state index contributed by atoms with van der Waals surface area (Å²) in [5.74, 6) is -0.249. The molecule has 0 bridgehead atoms. The number of nitrogens with zero attached hydrogens (tertiary/aromatic N) is 1. The third-order valence-corrected chi connectivity index (χ3v) is 6.09. The van der Waals surface area contributed by atoms with Gasteiger partial charge in [-0.25, -0.2) is 13.1 Å². The summed E-state index contributed by atoms with van der Waals surface area (Å²) < 4.78 is 64.7. The molecule has 0 saturated carbocycles. The van der Waals surface area contributed by atoms with Crippen LogP contribution in [0.25, 0.3) is 0 Å². The molecule has 30 heavy (non-hydrogen) atoms. The maximum Gasteiger partial charge on any atom is 0.416 e. The van der Waals surface area contributed by atoms with Crippen molar-refractivity contribution in [3.63, 3.8) is 0 Å². The highest BCUT2D eigenvalue weighted by Crippen LogP contribution is 2.30. The molecular formula is C19H26F3N3O4S. The molecule has 1 aromatic rings. The third-order valence-electron chi connectivity index (χ3n) is 4.69. The zero-order valence-electron chi connectivity index (χ0n) is 16.8. The van der Waals surface area contributed by atoms with Gasteiger partial charge in [-0.15, -0.1) is 0 Å². The van der Waals surface area contributed by atoms with Crippen molar-refractivity contribution in [1.29, 1.82) is 0 Å². The molecular weight excluding hydrogens is 423 g/mol. The van der Waals surface area contributed by atoms with Gasteiger partial charge in [0.2, 0.25) is 21.8 Å². The predicted octanol–water partition coefficient (Wildman–Crippen LogP) is 2.14. The van der Waals surface area contributed by atoms with E-state index in [1.807, 2.05) is 18.6 Å². The van der Waals surface area contributed by atoms with Crippen molar-refractivity contribution in [2.45, 2.75) is 50.2 Å². The molecule has 7 nitrogen and oxygen atoms in total. The van der Waals surface area contributed by atoms with E-state index >= 15 is 0 Å². The predicted molar refractivity (Wildman–Crippen MR) is 104 cm³/mol. The number of carbonyl (C=O) groups is 2. The smallest absolute Gasteiger partial charge is 0.352 e. The fourth-order valence-electron chi connectivity index (χ4n) is 3.11. The van der Waals surface area contributed by atoms with Gasteiger partial charge in [0.05, 0.1) is 17.0 Å². The highest BCUT2D eigenvalue weighted by Gasteiger charge is 2.32. The van der Waals surface area contributed by atoms with Crippen LogP contribution >= 0.6 is 0 Å². The lowest BCUT2D eigenvalue weighted by Crippen LogP contribution is -2.48. The second-order valence-corrected chi connectivity index (χ2v) is 9.44. The van der Waals surface area contributed by atoms with Gasteiger partial charge in [-0.1, -0.05) is 19.9 Å². The van der Waals surface area contributed by atoms with Crippen LogP contribution in [0.1, 0.15) is 38.7 Å². The Morgan fingerprint density at radius 1 is 1.20 bits per heavy atom. The Bertz CT molecular complexity index is 864. The summed E-state index contributed by atoms with van der Waals surface area (Å²) in [4.78, 5) is 25.3. The van der Waals surface area contributed by atoms with E-state index in [4.69, 9.17) is 0 Å². The number of benzene rings is 1. The van der Waals surface area contributed by atoms with Crippen LogP contribution in [0.5, 0.6) is 0 Å². The summed E-state index contributed by atoms with van der Waals surface area (Å²) in [7, 11) is -4.27. The molecule has 1 heterocycles. The average molecular weight is 449 g/mol. The fourth-order valence-corrected chi connectivity index (χ4v) is 4.14. The van der Waals surface area contributed by atoms with Crippen LogP contribution in [-0.2, 0) is 25.8 Å². The fraction of sp³-hybridized carbons (Fsp3) is 0.579. The summed E-state index contributed by atoms with van der Waals surface area (Å²) in [6.45, 7) is 4.35. The molecule has 0 spiro atoms. The molecule has 0 atom stereocenters. The van der Waals surface area contributed by atoms with Crippen LogP contribution in [0.4, 0.5) is 13.2 Å². The normalized spacial score (nSPS) is 16.0. The molecule has 11 heteroatoms. The lowest BCUT2D eigenvalue weighted by atomic mass is 10.0. The Labute approximate surface area is 174 Å². The topological polar surface area (TPSA) is 95.6 Å². The van der Waals surface area contributed by atoms with Crippen LogP contribution in [-0.4, -0.2) is 50.8 Å². The molecule has 0 aliphatic carbocycles.